The van der Waals surface area contributed by atoms with E-state index < -0.39 is 5.82 Å². The summed E-state index contributed by atoms with van der Waals surface area (Å²) in [4.78, 5) is 28.3. The van der Waals surface area contributed by atoms with Crippen molar-refractivity contribution >= 4 is 29.9 Å². The van der Waals surface area contributed by atoms with Gasteiger partial charge in [-0.15, -0.1) is 12.4 Å². The van der Waals surface area contributed by atoms with E-state index in [4.69, 9.17) is 0 Å². The highest BCUT2D eigenvalue weighted by Gasteiger charge is 2.38. The summed E-state index contributed by atoms with van der Waals surface area (Å²) in [6.45, 7) is 2.81. The summed E-state index contributed by atoms with van der Waals surface area (Å²) >= 11 is 0. The van der Waals surface area contributed by atoms with Crippen molar-refractivity contribution in [1.82, 2.24) is 10.2 Å². The lowest BCUT2D eigenvalue weighted by Gasteiger charge is -2.33. The van der Waals surface area contributed by atoms with Crippen molar-refractivity contribution in [3.63, 3.8) is 0 Å². The molecular formula is C19H27ClFN3O2. The summed E-state index contributed by atoms with van der Waals surface area (Å²) in [5.41, 5.74) is 0.272. The summed E-state index contributed by atoms with van der Waals surface area (Å²) in [7, 11) is 1.96. The molecular weight excluding hydrogens is 357 g/mol. The average molecular weight is 384 g/mol. The Morgan fingerprint density at radius 3 is 2.62 bits per heavy atom. The van der Waals surface area contributed by atoms with Crippen molar-refractivity contribution in [3.05, 3.63) is 30.1 Å². The maximum atomic E-state index is 13.9. The van der Waals surface area contributed by atoms with E-state index in [1.54, 1.807) is 18.2 Å². The number of nitrogens with zero attached hydrogens (tertiary/aromatic N) is 2. The molecule has 5 nitrogen and oxygen atoms in total. The maximum absolute atomic E-state index is 13.9. The third-order valence-corrected chi connectivity index (χ3v) is 5.35. The third-order valence-electron chi connectivity index (χ3n) is 5.35. The number of para-hydroxylation sites is 1. The first-order chi connectivity index (χ1) is 12.1. The SMILES string of the molecule is CNCCC1CCN(C(=O)C2CC(=O)N(c3ccccc3F)C2)CC1.Cl. The van der Waals surface area contributed by atoms with E-state index in [1.165, 1.54) is 11.0 Å². The number of hydrogen-bond acceptors (Lipinski definition) is 3. The number of benzene rings is 1. The fraction of sp³-hybridized carbons (Fsp3) is 0.579. The minimum atomic E-state index is -0.422. The molecule has 1 aromatic rings. The molecule has 26 heavy (non-hydrogen) atoms. The zero-order chi connectivity index (χ0) is 17.8. The number of rotatable bonds is 5. The second-order valence-corrected chi connectivity index (χ2v) is 7.02. The van der Waals surface area contributed by atoms with Crippen LogP contribution < -0.4 is 10.2 Å². The van der Waals surface area contributed by atoms with Crippen molar-refractivity contribution in [2.45, 2.75) is 25.7 Å². The number of likely N-dealkylation sites (tertiary alicyclic amines) is 1. The lowest BCUT2D eigenvalue weighted by molar-refractivity contribution is -0.137. The predicted molar refractivity (Wildman–Crippen MR) is 102 cm³/mol. The molecule has 2 aliphatic heterocycles. The van der Waals surface area contributed by atoms with Crippen LogP contribution >= 0.6 is 12.4 Å². The molecule has 2 heterocycles. The van der Waals surface area contributed by atoms with Gasteiger partial charge in [-0.3, -0.25) is 9.59 Å². The lowest BCUT2D eigenvalue weighted by atomic mass is 9.92. The number of amides is 2. The van der Waals surface area contributed by atoms with Crippen LogP contribution in [0.15, 0.2) is 24.3 Å². The van der Waals surface area contributed by atoms with Crippen molar-refractivity contribution < 1.29 is 14.0 Å². The van der Waals surface area contributed by atoms with Crippen molar-refractivity contribution in [2.75, 3.05) is 38.1 Å². The van der Waals surface area contributed by atoms with E-state index in [-0.39, 0.29) is 48.8 Å². The molecule has 0 aromatic heterocycles. The fourth-order valence-electron chi connectivity index (χ4n) is 3.83. The Hall–Kier alpha value is -1.66. The van der Waals surface area contributed by atoms with Crippen LogP contribution in [0, 0.1) is 17.7 Å². The van der Waals surface area contributed by atoms with Gasteiger partial charge in [-0.25, -0.2) is 4.39 Å². The third kappa shape index (κ3) is 4.54. The second kappa shape index (κ2) is 9.33. The number of anilines is 1. The number of nitrogens with one attached hydrogen (secondary N) is 1. The second-order valence-electron chi connectivity index (χ2n) is 7.02. The molecule has 7 heteroatoms. The highest BCUT2D eigenvalue weighted by Crippen LogP contribution is 2.29. The maximum Gasteiger partial charge on any atom is 0.228 e. The molecule has 0 saturated carbocycles. The van der Waals surface area contributed by atoms with Gasteiger partial charge in [0.15, 0.2) is 0 Å². The average Bonchev–Trinajstić information content (AvgIpc) is 3.02. The van der Waals surface area contributed by atoms with E-state index >= 15 is 0 Å². The summed E-state index contributed by atoms with van der Waals surface area (Å²) in [5.74, 6) is -0.251. The van der Waals surface area contributed by atoms with Gasteiger partial charge in [0.2, 0.25) is 11.8 Å². The molecule has 1 aromatic carbocycles. The molecule has 1 N–H and O–H groups in total. The Labute approximate surface area is 160 Å². The van der Waals surface area contributed by atoms with Gasteiger partial charge in [-0.1, -0.05) is 12.1 Å². The van der Waals surface area contributed by atoms with Gasteiger partial charge in [0, 0.05) is 26.1 Å². The van der Waals surface area contributed by atoms with Crippen molar-refractivity contribution in [2.24, 2.45) is 11.8 Å². The van der Waals surface area contributed by atoms with E-state index in [9.17, 15) is 14.0 Å². The van der Waals surface area contributed by atoms with Gasteiger partial charge in [0.1, 0.15) is 5.82 Å². The molecule has 2 aliphatic rings. The summed E-state index contributed by atoms with van der Waals surface area (Å²) in [6.07, 6.45) is 3.35. The van der Waals surface area contributed by atoms with E-state index in [2.05, 4.69) is 5.32 Å². The molecule has 0 aliphatic carbocycles. The molecule has 3 rings (SSSR count). The van der Waals surface area contributed by atoms with Crippen LogP contribution in [0.3, 0.4) is 0 Å². The molecule has 2 amide bonds. The zero-order valence-electron chi connectivity index (χ0n) is 15.1. The number of carbonyl (C=O) groups is 2. The Morgan fingerprint density at radius 2 is 1.96 bits per heavy atom. The highest BCUT2D eigenvalue weighted by atomic mass is 35.5. The lowest BCUT2D eigenvalue weighted by Crippen LogP contribution is -2.42. The van der Waals surface area contributed by atoms with Crippen LogP contribution in [-0.2, 0) is 9.59 Å². The van der Waals surface area contributed by atoms with Gasteiger partial charge in [-0.05, 0) is 50.9 Å². The molecule has 0 bridgehead atoms. The van der Waals surface area contributed by atoms with Gasteiger partial charge < -0.3 is 15.1 Å². The summed E-state index contributed by atoms with van der Waals surface area (Å²) in [6, 6.07) is 6.23. The highest BCUT2D eigenvalue weighted by molar-refractivity contribution is 6.00. The topological polar surface area (TPSA) is 52.7 Å². The Morgan fingerprint density at radius 1 is 1.27 bits per heavy atom. The monoisotopic (exact) mass is 383 g/mol. The van der Waals surface area contributed by atoms with Crippen LogP contribution in [0.5, 0.6) is 0 Å². The molecule has 1 unspecified atom stereocenters. The molecule has 1 atom stereocenters. The van der Waals surface area contributed by atoms with Crippen LogP contribution in [0.4, 0.5) is 10.1 Å². The van der Waals surface area contributed by atoms with Crippen LogP contribution in [0.2, 0.25) is 0 Å². The predicted octanol–water partition coefficient (Wildman–Crippen LogP) is 2.45. The first kappa shape index (κ1) is 20.6. The molecule has 0 spiro atoms. The minimum Gasteiger partial charge on any atom is -0.342 e. The summed E-state index contributed by atoms with van der Waals surface area (Å²) in [5, 5.41) is 3.17. The van der Waals surface area contributed by atoms with Crippen LogP contribution in [0.1, 0.15) is 25.7 Å². The number of halogens is 2. The van der Waals surface area contributed by atoms with E-state index in [1.807, 2.05) is 11.9 Å². The Bertz CT molecular complexity index is 635. The smallest absolute Gasteiger partial charge is 0.228 e. The van der Waals surface area contributed by atoms with E-state index in [0.29, 0.717) is 5.92 Å². The number of piperidine rings is 1. The number of carbonyl (C=O) groups excluding carboxylic acids is 2. The van der Waals surface area contributed by atoms with Crippen molar-refractivity contribution in [1.29, 1.82) is 0 Å². The van der Waals surface area contributed by atoms with E-state index in [0.717, 1.165) is 38.9 Å². The number of hydrogen-bond donors (Lipinski definition) is 1. The zero-order valence-corrected chi connectivity index (χ0v) is 15.9. The normalized spacial score (nSPS) is 21.0. The molecule has 0 radical (unpaired) electrons. The van der Waals surface area contributed by atoms with Crippen LogP contribution in [-0.4, -0.2) is 49.9 Å². The summed E-state index contributed by atoms with van der Waals surface area (Å²) < 4.78 is 13.9. The van der Waals surface area contributed by atoms with Gasteiger partial charge in [0.05, 0.1) is 11.6 Å². The van der Waals surface area contributed by atoms with Crippen molar-refractivity contribution in [3.8, 4) is 0 Å². The van der Waals surface area contributed by atoms with Gasteiger partial charge >= 0.3 is 0 Å². The first-order valence-electron chi connectivity index (χ1n) is 9.08. The fourth-order valence-corrected chi connectivity index (χ4v) is 3.83. The largest absolute Gasteiger partial charge is 0.342 e. The minimum absolute atomic E-state index is 0. The molecule has 2 fully saturated rings. The molecule has 144 valence electrons. The van der Waals surface area contributed by atoms with Crippen LogP contribution in [0.25, 0.3) is 0 Å². The quantitative estimate of drug-likeness (QED) is 0.849. The standard InChI is InChI=1S/C19H26FN3O2.ClH/c1-21-9-6-14-7-10-22(11-8-14)19(25)15-12-18(24)23(13-15)17-5-3-2-4-16(17)20;/h2-5,14-15,21H,6-13H2,1H3;1H. The molecule has 2 saturated heterocycles. The Kier molecular flexibility index (Phi) is 7.41. The Balaban J connectivity index is 0.00000243. The van der Waals surface area contributed by atoms with Gasteiger partial charge in [0.25, 0.3) is 0 Å². The first-order valence-corrected chi connectivity index (χ1v) is 9.08. The van der Waals surface area contributed by atoms with Gasteiger partial charge in [-0.2, -0.15) is 0 Å².